The van der Waals surface area contributed by atoms with E-state index in [1.165, 1.54) is 17.1 Å². The second kappa shape index (κ2) is 6.98. The molecule has 1 amide bonds. The first-order chi connectivity index (χ1) is 11.1. The van der Waals surface area contributed by atoms with Crippen LogP contribution in [0.25, 0.3) is 0 Å². The highest BCUT2D eigenvalue weighted by Crippen LogP contribution is 2.27. The molecule has 1 aliphatic heterocycles. The molecule has 1 aliphatic carbocycles. The van der Waals surface area contributed by atoms with Crippen molar-refractivity contribution in [2.24, 2.45) is 5.92 Å². The molecule has 0 atom stereocenters. The van der Waals surface area contributed by atoms with Gasteiger partial charge in [0.15, 0.2) is 0 Å². The molecule has 0 aromatic heterocycles. The Morgan fingerprint density at radius 3 is 2.35 bits per heavy atom. The summed E-state index contributed by atoms with van der Waals surface area (Å²) in [6.45, 7) is 2.87. The van der Waals surface area contributed by atoms with Gasteiger partial charge in [0, 0.05) is 26.2 Å². The zero-order valence-electron chi connectivity index (χ0n) is 13.1. The monoisotopic (exact) mass is 337 g/mol. The van der Waals surface area contributed by atoms with Crippen LogP contribution in [-0.4, -0.2) is 62.8 Å². The van der Waals surface area contributed by atoms with Crippen LogP contribution in [0.1, 0.15) is 12.8 Å². The normalized spacial score (nSPS) is 19.7. The Kier molecular flexibility index (Phi) is 4.99. The van der Waals surface area contributed by atoms with Crippen molar-refractivity contribution in [1.29, 1.82) is 0 Å². The first-order valence-electron chi connectivity index (χ1n) is 8.11. The molecule has 1 aromatic carbocycles. The van der Waals surface area contributed by atoms with Crippen LogP contribution >= 0.6 is 0 Å². The van der Waals surface area contributed by atoms with Crippen molar-refractivity contribution in [3.8, 4) is 0 Å². The molecule has 0 bridgehead atoms. The highest BCUT2D eigenvalue weighted by Gasteiger charge is 2.30. The molecule has 126 valence electrons. The number of carbonyl (C=O) groups is 1. The number of carbonyl (C=O) groups excluding carboxylic acids is 1. The van der Waals surface area contributed by atoms with E-state index in [2.05, 4.69) is 5.32 Å². The average molecular weight is 337 g/mol. The average Bonchev–Trinajstić information content (AvgIpc) is 3.40. The van der Waals surface area contributed by atoms with Crippen molar-refractivity contribution in [3.63, 3.8) is 0 Å². The van der Waals surface area contributed by atoms with Crippen LogP contribution in [0.15, 0.2) is 35.2 Å². The molecule has 1 N–H and O–H groups in total. The minimum Gasteiger partial charge on any atom is -0.339 e. The van der Waals surface area contributed by atoms with E-state index < -0.39 is 10.0 Å². The summed E-state index contributed by atoms with van der Waals surface area (Å²) in [5.74, 6) is 0.804. The molecular weight excluding hydrogens is 314 g/mol. The summed E-state index contributed by atoms with van der Waals surface area (Å²) < 4.78 is 26.5. The van der Waals surface area contributed by atoms with Crippen LogP contribution in [0.5, 0.6) is 0 Å². The first kappa shape index (κ1) is 16.4. The number of nitrogens with zero attached hydrogens (tertiary/aromatic N) is 2. The fraction of sp³-hybridized carbons (Fsp3) is 0.562. The highest BCUT2D eigenvalue weighted by atomic mass is 32.2. The fourth-order valence-electron chi connectivity index (χ4n) is 2.74. The molecule has 6 nitrogen and oxygen atoms in total. The van der Waals surface area contributed by atoms with Gasteiger partial charge in [0.2, 0.25) is 15.9 Å². The van der Waals surface area contributed by atoms with E-state index in [-0.39, 0.29) is 5.91 Å². The quantitative estimate of drug-likeness (QED) is 0.822. The van der Waals surface area contributed by atoms with Crippen LogP contribution in [-0.2, 0) is 14.8 Å². The first-order valence-corrected chi connectivity index (χ1v) is 9.55. The topological polar surface area (TPSA) is 69.7 Å². The van der Waals surface area contributed by atoms with E-state index in [9.17, 15) is 13.2 Å². The number of rotatable bonds is 6. The van der Waals surface area contributed by atoms with E-state index in [0.29, 0.717) is 37.6 Å². The lowest BCUT2D eigenvalue weighted by molar-refractivity contribution is -0.131. The van der Waals surface area contributed by atoms with Gasteiger partial charge in [-0.25, -0.2) is 8.42 Å². The lowest BCUT2D eigenvalue weighted by Crippen LogP contribution is -2.52. The number of piperazine rings is 1. The predicted molar refractivity (Wildman–Crippen MR) is 87.4 cm³/mol. The predicted octanol–water partition coefficient (Wildman–Crippen LogP) is 0.519. The molecule has 0 unspecified atom stereocenters. The summed E-state index contributed by atoms with van der Waals surface area (Å²) in [7, 11) is -3.45. The third-order valence-corrected chi connectivity index (χ3v) is 6.29. The van der Waals surface area contributed by atoms with Gasteiger partial charge in [-0.3, -0.25) is 4.79 Å². The Balaban J connectivity index is 1.50. The van der Waals surface area contributed by atoms with E-state index >= 15 is 0 Å². The standard InChI is InChI=1S/C16H23N3O3S/c20-16(13-17-12-14-6-7-14)18-8-10-19(11-9-18)23(21,22)15-4-2-1-3-5-15/h1-5,14,17H,6-13H2. The maximum atomic E-state index is 12.5. The number of amides is 1. The molecule has 1 aromatic rings. The summed E-state index contributed by atoms with van der Waals surface area (Å²) >= 11 is 0. The van der Waals surface area contributed by atoms with Gasteiger partial charge in [0.25, 0.3) is 0 Å². The van der Waals surface area contributed by atoms with Crippen molar-refractivity contribution in [2.75, 3.05) is 39.3 Å². The van der Waals surface area contributed by atoms with Gasteiger partial charge in [0.1, 0.15) is 0 Å². The van der Waals surface area contributed by atoms with E-state index in [4.69, 9.17) is 0 Å². The van der Waals surface area contributed by atoms with Crippen LogP contribution in [0, 0.1) is 5.92 Å². The smallest absolute Gasteiger partial charge is 0.243 e. The van der Waals surface area contributed by atoms with Crippen molar-refractivity contribution in [1.82, 2.24) is 14.5 Å². The minimum atomic E-state index is -3.45. The molecule has 2 aliphatic rings. The summed E-state index contributed by atoms with van der Waals surface area (Å²) in [6, 6.07) is 8.45. The van der Waals surface area contributed by atoms with Crippen molar-refractivity contribution in [3.05, 3.63) is 30.3 Å². The van der Waals surface area contributed by atoms with E-state index in [1.54, 1.807) is 35.2 Å². The summed E-state index contributed by atoms with van der Waals surface area (Å²) in [4.78, 5) is 14.2. The Bertz CT molecular complexity index is 636. The molecule has 1 saturated carbocycles. The number of nitrogens with one attached hydrogen (secondary N) is 1. The van der Waals surface area contributed by atoms with Gasteiger partial charge in [-0.15, -0.1) is 0 Å². The Morgan fingerprint density at radius 2 is 1.74 bits per heavy atom. The molecule has 3 rings (SSSR count). The third-order valence-electron chi connectivity index (χ3n) is 4.38. The Morgan fingerprint density at radius 1 is 1.09 bits per heavy atom. The van der Waals surface area contributed by atoms with Gasteiger partial charge in [-0.1, -0.05) is 18.2 Å². The summed E-state index contributed by atoms with van der Waals surface area (Å²) in [5, 5.41) is 3.19. The maximum Gasteiger partial charge on any atom is 0.243 e. The Labute approximate surface area is 137 Å². The molecule has 23 heavy (non-hydrogen) atoms. The molecule has 0 spiro atoms. The molecule has 1 heterocycles. The number of sulfonamides is 1. The zero-order chi connectivity index (χ0) is 16.3. The van der Waals surface area contributed by atoms with Crippen molar-refractivity contribution >= 4 is 15.9 Å². The molecule has 7 heteroatoms. The highest BCUT2D eigenvalue weighted by molar-refractivity contribution is 7.89. The zero-order valence-corrected chi connectivity index (χ0v) is 14.0. The van der Waals surface area contributed by atoms with Gasteiger partial charge in [-0.2, -0.15) is 4.31 Å². The Hall–Kier alpha value is -1.44. The van der Waals surface area contributed by atoms with Crippen molar-refractivity contribution in [2.45, 2.75) is 17.7 Å². The molecule has 2 fully saturated rings. The van der Waals surface area contributed by atoms with E-state index in [1.807, 2.05) is 0 Å². The summed E-state index contributed by atoms with van der Waals surface area (Å²) in [6.07, 6.45) is 2.52. The number of hydrogen-bond acceptors (Lipinski definition) is 4. The maximum absolute atomic E-state index is 12.5. The van der Waals surface area contributed by atoms with Gasteiger partial charge < -0.3 is 10.2 Å². The van der Waals surface area contributed by atoms with Crippen molar-refractivity contribution < 1.29 is 13.2 Å². The second-order valence-corrected chi connectivity index (χ2v) is 8.11. The lowest BCUT2D eigenvalue weighted by atomic mass is 10.3. The van der Waals surface area contributed by atoms with Gasteiger partial charge >= 0.3 is 0 Å². The van der Waals surface area contributed by atoms with Crippen LogP contribution in [0.4, 0.5) is 0 Å². The van der Waals surface area contributed by atoms with Crippen LogP contribution in [0.2, 0.25) is 0 Å². The number of benzene rings is 1. The molecule has 0 radical (unpaired) electrons. The molecule has 1 saturated heterocycles. The second-order valence-electron chi connectivity index (χ2n) is 6.17. The van der Waals surface area contributed by atoms with Crippen LogP contribution < -0.4 is 5.32 Å². The lowest BCUT2D eigenvalue weighted by Gasteiger charge is -2.34. The molecular formula is C16H23N3O3S. The van der Waals surface area contributed by atoms with Gasteiger partial charge in [-0.05, 0) is 37.4 Å². The largest absolute Gasteiger partial charge is 0.339 e. The summed E-state index contributed by atoms with van der Waals surface area (Å²) in [5.41, 5.74) is 0. The SMILES string of the molecule is O=C(CNCC1CC1)N1CCN(S(=O)(=O)c2ccccc2)CC1. The van der Waals surface area contributed by atoms with Gasteiger partial charge in [0.05, 0.1) is 11.4 Å². The fourth-order valence-corrected chi connectivity index (χ4v) is 4.18. The number of hydrogen-bond donors (Lipinski definition) is 1. The minimum absolute atomic E-state index is 0.0578. The third kappa shape index (κ3) is 4.10. The van der Waals surface area contributed by atoms with Crippen LogP contribution in [0.3, 0.4) is 0 Å². The van der Waals surface area contributed by atoms with E-state index in [0.717, 1.165) is 12.5 Å².